The monoisotopic (exact) mass is 796 g/mol. The van der Waals surface area contributed by atoms with Crippen LogP contribution in [-0.2, 0) is 28.5 Å². The summed E-state index contributed by atoms with van der Waals surface area (Å²) in [7, 11) is 0. The molecule has 0 radical (unpaired) electrons. The molecule has 1 unspecified atom stereocenters. The number of aliphatic hydroxyl groups excluding tert-OH is 9. The van der Waals surface area contributed by atoms with Crippen molar-refractivity contribution in [1.29, 1.82) is 0 Å². The van der Waals surface area contributed by atoms with E-state index in [0.29, 0.717) is 19.3 Å². The normalized spacial score (nSPS) is 50.8. The second-order valence-corrected chi connectivity index (χ2v) is 19.9. The summed E-state index contributed by atoms with van der Waals surface area (Å²) in [5.74, 6) is -1.96. The van der Waals surface area contributed by atoms with Crippen molar-refractivity contribution in [3.63, 3.8) is 0 Å². The lowest BCUT2D eigenvalue weighted by atomic mass is 9.44. The lowest BCUT2D eigenvalue weighted by molar-refractivity contribution is -0.329. The Hall–Kier alpha value is -1.44. The summed E-state index contributed by atoms with van der Waals surface area (Å²) in [6, 6.07) is 0. The third kappa shape index (κ3) is 5.85. The summed E-state index contributed by atoms with van der Waals surface area (Å²) < 4.78 is 23.2. The number of hydrogen-bond acceptors (Lipinski definition) is 15. The molecule has 0 amide bonds. The van der Waals surface area contributed by atoms with Crippen molar-refractivity contribution in [3.8, 4) is 0 Å². The van der Waals surface area contributed by atoms with Crippen LogP contribution in [0.2, 0.25) is 0 Å². The lowest BCUT2D eigenvalue weighted by Crippen LogP contribution is -2.61. The van der Waals surface area contributed by atoms with E-state index >= 15 is 0 Å². The van der Waals surface area contributed by atoms with Crippen molar-refractivity contribution >= 4 is 11.6 Å². The Balaban J connectivity index is 1.07. The second-order valence-electron chi connectivity index (χ2n) is 19.9. The molecule has 7 aliphatic rings. The minimum Gasteiger partial charge on any atom is -0.394 e. The van der Waals surface area contributed by atoms with Crippen LogP contribution in [0.1, 0.15) is 93.4 Å². The number of aliphatic hydroxyl groups is 9. The van der Waals surface area contributed by atoms with Gasteiger partial charge in [0.1, 0.15) is 54.9 Å². The van der Waals surface area contributed by atoms with E-state index in [4.69, 9.17) is 18.9 Å². The molecule has 0 bridgehead atoms. The number of ether oxygens (including phenoxy) is 4. The number of allylic oxidation sites excluding steroid dienone is 1. The Morgan fingerprint density at radius 3 is 2.27 bits per heavy atom. The van der Waals surface area contributed by atoms with Crippen molar-refractivity contribution in [1.82, 2.24) is 0 Å². The summed E-state index contributed by atoms with van der Waals surface area (Å²) in [5, 5.41) is 94.5. The minimum absolute atomic E-state index is 0.0639. The Morgan fingerprint density at radius 1 is 0.946 bits per heavy atom. The van der Waals surface area contributed by atoms with E-state index < -0.39 is 108 Å². The number of fused-ring (bicyclic) bond motifs is 2. The number of rotatable bonds is 10. The number of ketones is 2. The molecule has 2 spiro atoms. The quantitative estimate of drug-likeness (QED) is 0.131. The van der Waals surface area contributed by atoms with Gasteiger partial charge in [-0.05, 0) is 85.9 Å². The van der Waals surface area contributed by atoms with Gasteiger partial charge in [0, 0.05) is 17.8 Å². The Kier molecular flexibility index (Phi) is 10.7. The first-order valence-corrected chi connectivity index (χ1v) is 20.4. The van der Waals surface area contributed by atoms with Crippen LogP contribution in [0.15, 0.2) is 11.6 Å². The third-order valence-electron chi connectivity index (χ3n) is 16.5. The van der Waals surface area contributed by atoms with Crippen LogP contribution in [0, 0.1) is 44.8 Å². The summed E-state index contributed by atoms with van der Waals surface area (Å²) in [6.45, 7) is 12.3. The van der Waals surface area contributed by atoms with E-state index in [0.717, 1.165) is 24.8 Å². The van der Waals surface area contributed by atoms with Crippen molar-refractivity contribution in [2.75, 3.05) is 13.2 Å². The van der Waals surface area contributed by atoms with Gasteiger partial charge >= 0.3 is 0 Å². The second kappa shape index (κ2) is 14.1. The molecule has 2 saturated heterocycles. The molecular formula is C41H64O15. The van der Waals surface area contributed by atoms with Crippen LogP contribution in [0.5, 0.6) is 0 Å². The molecule has 0 aromatic rings. The van der Waals surface area contributed by atoms with Gasteiger partial charge in [-0.25, -0.2) is 0 Å². The first kappa shape index (κ1) is 42.7. The highest BCUT2D eigenvalue weighted by Gasteiger charge is 2.82. The smallest absolute Gasteiger partial charge is 0.187 e. The SMILES string of the molecule is C[C@H](CC(=O)C(O)C(C)(C)O[C@@H]1O[C@H](CO)[C@@H](O)[C@H](O)[C@H]1O)[C@H]1C(=O)[C@H](O)[C@@]2(C)C3=CC[C@H]4C(C)(C)[C@@H](O[C@@H]5OC[C@@H](O)[C@H](O)[C@H]5O)CC[C@@]45C[C@@]35CC[C@]12C. The molecule has 56 heavy (non-hydrogen) atoms. The fraction of sp³-hybridized carbons (Fsp3) is 0.902. The Labute approximate surface area is 328 Å². The van der Waals surface area contributed by atoms with Crippen LogP contribution >= 0.6 is 0 Å². The predicted octanol–water partition coefficient (Wildman–Crippen LogP) is -0.129. The fourth-order valence-electron chi connectivity index (χ4n) is 13.1. The van der Waals surface area contributed by atoms with E-state index in [1.54, 1.807) is 6.92 Å². The summed E-state index contributed by atoms with van der Waals surface area (Å²) in [6.07, 6.45) is -9.40. The van der Waals surface area contributed by atoms with Gasteiger partial charge < -0.3 is 64.9 Å². The highest BCUT2D eigenvalue weighted by molar-refractivity contribution is 5.92. The molecule has 0 aromatic heterocycles. The van der Waals surface area contributed by atoms with Crippen molar-refractivity contribution in [2.45, 2.75) is 173 Å². The highest BCUT2D eigenvalue weighted by atomic mass is 16.7. The van der Waals surface area contributed by atoms with E-state index in [9.17, 15) is 55.5 Å². The molecule has 7 rings (SSSR count). The topological polar surface area (TPSA) is 253 Å². The van der Waals surface area contributed by atoms with Gasteiger partial charge in [0.2, 0.25) is 0 Å². The molecule has 9 N–H and O–H groups in total. The van der Waals surface area contributed by atoms with Crippen LogP contribution in [0.4, 0.5) is 0 Å². The van der Waals surface area contributed by atoms with Gasteiger partial charge in [0.05, 0.1) is 24.9 Å². The van der Waals surface area contributed by atoms with Crippen LogP contribution < -0.4 is 0 Å². The van der Waals surface area contributed by atoms with Crippen molar-refractivity contribution < 1.29 is 74.5 Å². The molecule has 19 atom stereocenters. The largest absolute Gasteiger partial charge is 0.394 e. The number of hydrogen-bond donors (Lipinski definition) is 9. The standard InChI is InChI=1S/C41H64O15/c1-18(14-19(43)32(51)37(4,5)56-35-31(50)29(48)27(46)21(15-42)54-35)25-28(47)33(52)39(7)23-9-8-22-36(2,3)24(55-34-30(49)26(45)20(44)16-53-34)10-11-40(22)17-41(23,40)13-12-38(25,39)6/h9,18,20-22,24-27,29-35,42,44-46,48-52H,8,10-17H2,1-7H3/t18-,20-,21-,22+,24+,25+,26+,27-,29+,30-,31-,32?,33+,34+,35+,38-,39-,40-,41+/m1/s1. The van der Waals surface area contributed by atoms with Gasteiger partial charge in [-0.1, -0.05) is 46.3 Å². The average molecular weight is 797 g/mol. The van der Waals surface area contributed by atoms with Gasteiger partial charge in [0.25, 0.3) is 0 Å². The van der Waals surface area contributed by atoms with E-state index in [-0.39, 0.29) is 47.1 Å². The number of Topliss-reactive ketones (excluding diaryl/α,β-unsaturated/α-hetero) is 2. The van der Waals surface area contributed by atoms with Crippen LogP contribution in [0.3, 0.4) is 0 Å². The van der Waals surface area contributed by atoms with Crippen LogP contribution in [-0.4, -0.2) is 150 Å². The Bertz CT molecular complexity index is 1580. The first-order chi connectivity index (χ1) is 26.0. The molecule has 5 aliphatic carbocycles. The molecule has 318 valence electrons. The average Bonchev–Trinajstić information content (AvgIpc) is 3.78. The van der Waals surface area contributed by atoms with E-state index in [1.165, 1.54) is 13.8 Å². The summed E-state index contributed by atoms with van der Waals surface area (Å²) >= 11 is 0. The predicted molar refractivity (Wildman–Crippen MR) is 195 cm³/mol. The minimum atomic E-state index is -1.73. The highest BCUT2D eigenvalue weighted by Crippen LogP contribution is 2.87. The fourth-order valence-corrected chi connectivity index (χ4v) is 13.1. The Morgan fingerprint density at radius 2 is 1.61 bits per heavy atom. The van der Waals surface area contributed by atoms with Crippen molar-refractivity contribution in [3.05, 3.63) is 11.6 Å². The van der Waals surface area contributed by atoms with Gasteiger partial charge in [-0.3, -0.25) is 9.59 Å². The molecule has 2 aliphatic heterocycles. The zero-order valence-corrected chi connectivity index (χ0v) is 33.6. The van der Waals surface area contributed by atoms with E-state index in [1.807, 2.05) is 6.92 Å². The zero-order chi connectivity index (χ0) is 41.3. The maximum Gasteiger partial charge on any atom is 0.187 e. The molecule has 2 heterocycles. The molecule has 15 heteroatoms. The van der Waals surface area contributed by atoms with E-state index in [2.05, 4.69) is 26.8 Å². The lowest BCUT2D eigenvalue weighted by Gasteiger charge is -2.60. The maximum atomic E-state index is 14.3. The molecule has 15 nitrogen and oxygen atoms in total. The first-order valence-electron chi connectivity index (χ1n) is 20.4. The number of carbonyl (C=O) groups excluding carboxylic acids is 2. The third-order valence-corrected chi connectivity index (χ3v) is 16.5. The molecule has 0 aromatic carbocycles. The van der Waals surface area contributed by atoms with Gasteiger partial charge in [-0.15, -0.1) is 0 Å². The molecule has 4 saturated carbocycles. The zero-order valence-electron chi connectivity index (χ0n) is 33.6. The van der Waals surface area contributed by atoms with Crippen molar-refractivity contribution in [2.24, 2.45) is 44.8 Å². The van der Waals surface area contributed by atoms with Crippen LogP contribution in [0.25, 0.3) is 0 Å². The molecule has 6 fully saturated rings. The molecular weight excluding hydrogens is 732 g/mol. The summed E-state index contributed by atoms with van der Waals surface area (Å²) in [5.41, 5.74) is -2.72. The number of carbonyl (C=O) groups is 2. The van der Waals surface area contributed by atoms with Gasteiger partial charge in [-0.2, -0.15) is 0 Å². The van der Waals surface area contributed by atoms with Gasteiger partial charge in [0.15, 0.2) is 24.1 Å². The maximum absolute atomic E-state index is 14.3. The summed E-state index contributed by atoms with van der Waals surface area (Å²) in [4.78, 5) is 28.0.